The van der Waals surface area contributed by atoms with Gasteiger partial charge in [-0.15, -0.1) is 0 Å². The molecule has 2 rings (SSSR count). The summed E-state index contributed by atoms with van der Waals surface area (Å²) < 4.78 is 6.59. The summed E-state index contributed by atoms with van der Waals surface area (Å²) in [4.78, 5) is 11.8. The van der Waals surface area contributed by atoms with E-state index in [9.17, 15) is 4.79 Å². The molecule has 2 aromatic rings. The summed E-state index contributed by atoms with van der Waals surface area (Å²) in [6, 6.07) is 12.6. The molecule has 0 bridgehead atoms. The van der Waals surface area contributed by atoms with Gasteiger partial charge in [0.2, 0.25) is 5.91 Å². The molecule has 0 unspecified atom stereocenters. The van der Waals surface area contributed by atoms with E-state index < -0.39 is 0 Å². The molecule has 0 aliphatic heterocycles. The number of anilines is 2. The van der Waals surface area contributed by atoms with Crippen LogP contribution in [0.2, 0.25) is 5.02 Å². The Morgan fingerprint density at radius 2 is 2.05 bits per heavy atom. The zero-order valence-corrected chi connectivity index (χ0v) is 14.0. The maximum absolute atomic E-state index is 11.8. The minimum absolute atomic E-state index is 0.136. The molecule has 0 radical (unpaired) electrons. The van der Waals surface area contributed by atoms with Gasteiger partial charge < -0.3 is 15.8 Å². The van der Waals surface area contributed by atoms with Crippen LogP contribution in [0.15, 0.2) is 42.5 Å². The Labute approximate surface area is 141 Å². The Kier molecular flexibility index (Phi) is 5.69. The average Bonchev–Trinajstić information content (AvgIpc) is 2.45. The van der Waals surface area contributed by atoms with Crippen molar-refractivity contribution in [2.45, 2.75) is 6.42 Å². The standard InChI is InChI=1S/C15H14ClIN2O2/c16-11-6-5-10(9-13(11)18)19-15(20)7-8-21-14-4-2-1-3-12(14)17/h1-6,9H,7-8,18H2,(H,19,20). The third-order valence-corrected chi connectivity index (χ3v) is 3.94. The van der Waals surface area contributed by atoms with E-state index in [1.807, 2.05) is 24.3 Å². The topological polar surface area (TPSA) is 64.3 Å². The second kappa shape index (κ2) is 7.51. The van der Waals surface area contributed by atoms with Gasteiger partial charge in [0, 0.05) is 5.69 Å². The second-order valence-corrected chi connectivity index (χ2v) is 5.88. The van der Waals surface area contributed by atoms with Gasteiger partial charge in [-0.05, 0) is 52.9 Å². The molecule has 0 spiro atoms. The number of halogens is 2. The number of nitrogens with two attached hydrogens (primary N) is 1. The fourth-order valence-corrected chi connectivity index (χ4v) is 2.32. The Bertz CT molecular complexity index is 649. The number of para-hydroxylation sites is 1. The van der Waals surface area contributed by atoms with Crippen LogP contribution in [0.3, 0.4) is 0 Å². The number of ether oxygens (including phenoxy) is 1. The molecule has 2 aromatic carbocycles. The quantitative estimate of drug-likeness (QED) is 0.573. The van der Waals surface area contributed by atoms with Gasteiger partial charge in [-0.3, -0.25) is 4.79 Å². The first kappa shape index (κ1) is 15.9. The van der Waals surface area contributed by atoms with E-state index in [1.54, 1.807) is 18.2 Å². The minimum atomic E-state index is -0.136. The van der Waals surface area contributed by atoms with Gasteiger partial charge in [0.05, 0.1) is 27.3 Å². The van der Waals surface area contributed by atoms with Crippen molar-refractivity contribution in [3.63, 3.8) is 0 Å². The van der Waals surface area contributed by atoms with E-state index in [4.69, 9.17) is 22.1 Å². The van der Waals surface area contributed by atoms with Gasteiger partial charge >= 0.3 is 0 Å². The van der Waals surface area contributed by atoms with Crippen molar-refractivity contribution < 1.29 is 9.53 Å². The number of amides is 1. The molecule has 0 saturated carbocycles. The van der Waals surface area contributed by atoms with E-state index >= 15 is 0 Å². The molecule has 0 atom stereocenters. The van der Waals surface area contributed by atoms with Gasteiger partial charge in [0.15, 0.2) is 0 Å². The number of carbonyl (C=O) groups is 1. The number of hydrogen-bond acceptors (Lipinski definition) is 3. The lowest BCUT2D eigenvalue weighted by molar-refractivity contribution is -0.116. The smallest absolute Gasteiger partial charge is 0.227 e. The summed E-state index contributed by atoms with van der Waals surface area (Å²) in [5.74, 6) is 0.643. The maximum Gasteiger partial charge on any atom is 0.227 e. The predicted octanol–water partition coefficient (Wildman–Crippen LogP) is 3.93. The van der Waals surface area contributed by atoms with Crippen molar-refractivity contribution in [1.82, 2.24) is 0 Å². The van der Waals surface area contributed by atoms with Crippen molar-refractivity contribution in [2.24, 2.45) is 0 Å². The number of nitrogen functional groups attached to an aromatic ring is 1. The van der Waals surface area contributed by atoms with Crippen LogP contribution in [0.5, 0.6) is 5.75 Å². The third-order valence-electron chi connectivity index (χ3n) is 2.70. The monoisotopic (exact) mass is 416 g/mol. The zero-order valence-electron chi connectivity index (χ0n) is 11.1. The molecule has 110 valence electrons. The van der Waals surface area contributed by atoms with E-state index in [1.165, 1.54) is 0 Å². The predicted molar refractivity (Wildman–Crippen MR) is 93.8 cm³/mol. The van der Waals surface area contributed by atoms with Crippen molar-refractivity contribution >= 4 is 51.5 Å². The SMILES string of the molecule is Nc1cc(NC(=O)CCOc2ccccc2I)ccc1Cl. The van der Waals surface area contributed by atoms with Gasteiger partial charge in [-0.2, -0.15) is 0 Å². The lowest BCUT2D eigenvalue weighted by atomic mass is 10.2. The lowest BCUT2D eigenvalue weighted by Gasteiger charge is -2.09. The molecule has 0 heterocycles. The number of hydrogen-bond donors (Lipinski definition) is 2. The van der Waals surface area contributed by atoms with E-state index in [-0.39, 0.29) is 12.3 Å². The Morgan fingerprint density at radius 1 is 1.29 bits per heavy atom. The Balaban J connectivity index is 1.82. The fraction of sp³-hybridized carbons (Fsp3) is 0.133. The van der Waals surface area contributed by atoms with Gasteiger partial charge in [-0.1, -0.05) is 23.7 Å². The summed E-state index contributed by atoms with van der Waals surface area (Å²) in [5.41, 5.74) is 6.74. The van der Waals surface area contributed by atoms with Crippen LogP contribution in [0.1, 0.15) is 6.42 Å². The number of rotatable bonds is 5. The summed E-state index contributed by atoms with van der Waals surface area (Å²) in [6.07, 6.45) is 0.257. The Hall–Kier alpha value is -1.47. The first-order chi connectivity index (χ1) is 10.1. The Morgan fingerprint density at radius 3 is 2.76 bits per heavy atom. The van der Waals surface area contributed by atoms with E-state index in [2.05, 4.69) is 27.9 Å². The molecule has 21 heavy (non-hydrogen) atoms. The fourth-order valence-electron chi connectivity index (χ4n) is 1.66. The highest BCUT2D eigenvalue weighted by Gasteiger charge is 2.06. The second-order valence-electron chi connectivity index (χ2n) is 4.31. The van der Waals surface area contributed by atoms with Gasteiger partial charge in [0.1, 0.15) is 5.75 Å². The molecule has 0 aromatic heterocycles. The van der Waals surface area contributed by atoms with Crippen LogP contribution in [-0.2, 0) is 4.79 Å². The first-order valence-corrected chi connectivity index (χ1v) is 7.74. The average molecular weight is 417 g/mol. The molecule has 0 aliphatic rings. The van der Waals surface area contributed by atoms with Crippen molar-refractivity contribution in [2.75, 3.05) is 17.7 Å². The molecular formula is C15H14ClIN2O2. The molecule has 0 aliphatic carbocycles. The maximum atomic E-state index is 11.8. The molecule has 0 saturated heterocycles. The molecule has 4 nitrogen and oxygen atoms in total. The van der Waals surface area contributed by atoms with Crippen LogP contribution >= 0.6 is 34.2 Å². The lowest BCUT2D eigenvalue weighted by Crippen LogP contribution is -2.15. The molecule has 0 fully saturated rings. The van der Waals surface area contributed by atoms with Crippen LogP contribution in [0, 0.1) is 3.57 Å². The largest absolute Gasteiger partial charge is 0.492 e. The van der Waals surface area contributed by atoms with Gasteiger partial charge in [0.25, 0.3) is 0 Å². The number of nitrogens with one attached hydrogen (secondary N) is 1. The van der Waals surface area contributed by atoms with Gasteiger partial charge in [-0.25, -0.2) is 0 Å². The van der Waals surface area contributed by atoms with Crippen LogP contribution in [-0.4, -0.2) is 12.5 Å². The highest BCUT2D eigenvalue weighted by molar-refractivity contribution is 14.1. The molecule has 6 heteroatoms. The summed E-state index contributed by atoms with van der Waals surface area (Å²) in [6.45, 7) is 0.314. The summed E-state index contributed by atoms with van der Waals surface area (Å²) in [5, 5.41) is 3.22. The molecular weight excluding hydrogens is 403 g/mol. The number of benzene rings is 2. The van der Waals surface area contributed by atoms with E-state index in [0.29, 0.717) is 23.0 Å². The highest BCUT2D eigenvalue weighted by Crippen LogP contribution is 2.22. The third kappa shape index (κ3) is 4.78. The number of carbonyl (C=O) groups excluding carboxylic acids is 1. The van der Waals surface area contributed by atoms with E-state index in [0.717, 1.165) is 9.32 Å². The van der Waals surface area contributed by atoms with Crippen molar-refractivity contribution in [1.29, 1.82) is 0 Å². The molecule has 3 N–H and O–H groups in total. The first-order valence-electron chi connectivity index (χ1n) is 6.28. The molecule has 1 amide bonds. The van der Waals surface area contributed by atoms with Crippen LogP contribution in [0.4, 0.5) is 11.4 Å². The van der Waals surface area contributed by atoms with Crippen LogP contribution in [0.25, 0.3) is 0 Å². The van der Waals surface area contributed by atoms with Crippen LogP contribution < -0.4 is 15.8 Å². The highest BCUT2D eigenvalue weighted by atomic mass is 127. The normalized spacial score (nSPS) is 10.2. The van der Waals surface area contributed by atoms with Crippen molar-refractivity contribution in [3.05, 3.63) is 51.1 Å². The minimum Gasteiger partial charge on any atom is -0.492 e. The zero-order chi connectivity index (χ0) is 15.2. The summed E-state index contributed by atoms with van der Waals surface area (Å²) >= 11 is 8.02. The summed E-state index contributed by atoms with van der Waals surface area (Å²) in [7, 11) is 0. The van der Waals surface area contributed by atoms with Crippen molar-refractivity contribution in [3.8, 4) is 5.75 Å².